The number of nitrogens with zero attached hydrogens (tertiary/aromatic N) is 2. The van der Waals surface area contributed by atoms with Crippen molar-refractivity contribution < 1.29 is 23.5 Å². The van der Waals surface area contributed by atoms with Crippen molar-refractivity contribution >= 4 is 23.2 Å². The minimum absolute atomic E-state index is 0.00843. The molecule has 2 amide bonds. The molecule has 6 nitrogen and oxygen atoms in total. The minimum atomic E-state index is -0.395. The zero-order valence-corrected chi connectivity index (χ0v) is 20.3. The van der Waals surface area contributed by atoms with Crippen molar-refractivity contribution in [1.82, 2.24) is 9.80 Å². The number of ether oxygens (including phenoxy) is 2. The van der Waals surface area contributed by atoms with Crippen LogP contribution in [0.15, 0.2) is 60.0 Å². The molecule has 1 aliphatic heterocycles. The second kappa shape index (κ2) is 10.1. The molecule has 35 heavy (non-hydrogen) atoms. The highest BCUT2D eigenvalue weighted by Crippen LogP contribution is 2.36. The number of benzene rings is 2. The number of carbonyl (C=O) groups excluding carboxylic acids is 2. The Kier molecular flexibility index (Phi) is 6.72. The summed E-state index contributed by atoms with van der Waals surface area (Å²) in [4.78, 5) is 31.5. The molecule has 2 heterocycles. The number of carbonyl (C=O) groups is 2. The van der Waals surface area contributed by atoms with Crippen LogP contribution in [0, 0.1) is 5.82 Å². The second-order valence-electron chi connectivity index (χ2n) is 8.79. The summed E-state index contributed by atoms with van der Waals surface area (Å²) in [6.45, 7) is 0.840. The fourth-order valence-corrected chi connectivity index (χ4v) is 5.46. The molecule has 2 aromatic carbocycles. The maximum Gasteiger partial charge on any atom is 0.254 e. The van der Waals surface area contributed by atoms with Gasteiger partial charge in [-0.2, -0.15) is 0 Å². The Balaban J connectivity index is 1.35. The Morgan fingerprint density at radius 2 is 1.83 bits per heavy atom. The van der Waals surface area contributed by atoms with Crippen LogP contribution >= 0.6 is 11.3 Å². The molecule has 3 aromatic rings. The molecule has 0 N–H and O–H groups in total. The molecule has 0 radical (unpaired) electrons. The van der Waals surface area contributed by atoms with Gasteiger partial charge in [-0.3, -0.25) is 9.59 Å². The standard InChI is InChI=1S/C27H27FN2O4S/c1-33-23-4-2-3-5-24(23)34-17-22-21-13-15-35-25(21)12-14-29(22)26(31)16-30(20-10-11-20)27(32)18-6-8-19(28)9-7-18/h2-9,13,15,20,22H,10-12,14,16-17H2,1H3. The lowest BCUT2D eigenvalue weighted by atomic mass is 10.0. The maximum atomic E-state index is 13.6. The lowest BCUT2D eigenvalue weighted by molar-refractivity contribution is -0.135. The van der Waals surface area contributed by atoms with Crippen LogP contribution in [0.5, 0.6) is 11.5 Å². The van der Waals surface area contributed by atoms with Crippen molar-refractivity contribution in [3.05, 3.63) is 81.8 Å². The van der Waals surface area contributed by atoms with E-state index in [-0.39, 0.29) is 37.0 Å². The second-order valence-corrected chi connectivity index (χ2v) is 9.79. The number of halogens is 1. The van der Waals surface area contributed by atoms with Crippen LogP contribution in [0.25, 0.3) is 0 Å². The van der Waals surface area contributed by atoms with Crippen LogP contribution in [-0.4, -0.2) is 54.5 Å². The minimum Gasteiger partial charge on any atom is -0.493 e. The molecule has 0 spiro atoms. The van der Waals surface area contributed by atoms with Crippen LogP contribution in [0.3, 0.4) is 0 Å². The summed E-state index contributed by atoms with van der Waals surface area (Å²) in [6.07, 6.45) is 2.52. The molecule has 5 rings (SSSR count). The predicted molar refractivity (Wildman–Crippen MR) is 131 cm³/mol. The molecular weight excluding hydrogens is 467 g/mol. The zero-order chi connectivity index (χ0) is 24.4. The van der Waals surface area contributed by atoms with Gasteiger partial charge >= 0.3 is 0 Å². The van der Waals surface area contributed by atoms with Gasteiger partial charge in [0.1, 0.15) is 19.0 Å². The number of rotatable bonds is 8. The molecular formula is C27H27FN2O4S. The summed E-state index contributed by atoms with van der Waals surface area (Å²) in [5.41, 5.74) is 1.48. The van der Waals surface area contributed by atoms with E-state index in [1.165, 1.54) is 29.1 Å². The first kappa shape index (κ1) is 23.4. The fourth-order valence-electron chi connectivity index (χ4n) is 4.53. The summed E-state index contributed by atoms with van der Waals surface area (Å²) in [7, 11) is 1.60. The van der Waals surface area contributed by atoms with Gasteiger partial charge in [0.2, 0.25) is 5.91 Å². The normalized spacial score (nSPS) is 17.0. The van der Waals surface area contributed by atoms with Gasteiger partial charge in [0.25, 0.3) is 5.91 Å². The molecule has 1 saturated carbocycles. The maximum absolute atomic E-state index is 13.6. The third-order valence-corrected chi connectivity index (χ3v) is 7.52. The van der Waals surface area contributed by atoms with Crippen molar-refractivity contribution in [2.45, 2.75) is 31.3 Å². The number of para-hydroxylation sites is 2. The van der Waals surface area contributed by atoms with E-state index in [4.69, 9.17) is 9.47 Å². The van der Waals surface area contributed by atoms with Crippen molar-refractivity contribution in [2.75, 3.05) is 26.8 Å². The lowest BCUT2D eigenvalue weighted by Gasteiger charge is -2.37. The highest BCUT2D eigenvalue weighted by atomic mass is 32.1. The Bertz CT molecular complexity index is 1210. The number of fused-ring (bicyclic) bond motifs is 1. The molecule has 1 fully saturated rings. The van der Waals surface area contributed by atoms with Crippen molar-refractivity contribution in [3.8, 4) is 11.5 Å². The van der Waals surface area contributed by atoms with E-state index in [1.54, 1.807) is 23.3 Å². The van der Waals surface area contributed by atoms with Gasteiger partial charge in [0, 0.05) is 23.0 Å². The quantitative estimate of drug-likeness (QED) is 0.455. The molecule has 0 bridgehead atoms. The van der Waals surface area contributed by atoms with Crippen LogP contribution in [0.4, 0.5) is 4.39 Å². The number of thiophene rings is 1. The predicted octanol–water partition coefficient (Wildman–Crippen LogP) is 4.71. The smallest absolute Gasteiger partial charge is 0.254 e. The zero-order valence-electron chi connectivity index (χ0n) is 19.5. The number of methoxy groups -OCH3 is 1. The van der Waals surface area contributed by atoms with E-state index in [9.17, 15) is 14.0 Å². The summed E-state index contributed by atoms with van der Waals surface area (Å²) in [6, 6.07) is 14.8. The molecule has 0 saturated heterocycles. The first-order valence-corrected chi connectivity index (χ1v) is 12.6. The number of hydrogen-bond donors (Lipinski definition) is 0. The molecule has 1 atom stereocenters. The van der Waals surface area contributed by atoms with Gasteiger partial charge < -0.3 is 19.3 Å². The largest absolute Gasteiger partial charge is 0.493 e. The van der Waals surface area contributed by atoms with Gasteiger partial charge in [-0.15, -0.1) is 11.3 Å². The van der Waals surface area contributed by atoms with Gasteiger partial charge in [-0.25, -0.2) is 4.39 Å². The van der Waals surface area contributed by atoms with Crippen molar-refractivity contribution in [2.24, 2.45) is 0 Å². The van der Waals surface area contributed by atoms with Crippen LogP contribution in [0.2, 0.25) is 0 Å². The van der Waals surface area contributed by atoms with Gasteiger partial charge in [0.05, 0.1) is 13.2 Å². The van der Waals surface area contributed by atoms with E-state index in [1.807, 2.05) is 34.5 Å². The Morgan fingerprint density at radius 1 is 1.09 bits per heavy atom. The summed E-state index contributed by atoms with van der Waals surface area (Å²) < 4.78 is 24.9. The molecule has 1 aromatic heterocycles. The highest BCUT2D eigenvalue weighted by molar-refractivity contribution is 7.10. The van der Waals surface area contributed by atoms with E-state index in [0.717, 1.165) is 24.8 Å². The van der Waals surface area contributed by atoms with Crippen LogP contribution in [0.1, 0.15) is 39.7 Å². The first-order valence-electron chi connectivity index (χ1n) is 11.7. The highest BCUT2D eigenvalue weighted by Gasteiger charge is 2.38. The third-order valence-electron chi connectivity index (χ3n) is 6.53. The Morgan fingerprint density at radius 3 is 2.54 bits per heavy atom. The van der Waals surface area contributed by atoms with Crippen LogP contribution < -0.4 is 9.47 Å². The first-order chi connectivity index (χ1) is 17.0. The molecule has 2 aliphatic rings. The van der Waals surface area contributed by atoms with E-state index in [0.29, 0.717) is 23.6 Å². The van der Waals surface area contributed by atoms with Crippen LogP contribution in [-0.2, 0) is 11.2 Å². The monoisotopic (exact) mass is 494 g/mol. The lowest BCUT2D eigenvalue weighted by Crippen LogP contribution is -2.48. The van der Waals surface area contributed by atoms with Gasteiger partial charge in [-0.1, -0.05) is 12.1 Å². The topological polar surface area (TPSA) is 59.1 Å². The Hall–Kier alpha value is -3.39. The number of amides is 2. The molecule has 1 aliphatic carbocycles. The molecule has 8 heteroatoms. The van der Waals surface area contributed by atoms with Gasteiger partial charge in [-0.05, 0) is 72.7 Å². The van der Waals surface area contributed by atoms with Crippen molar-refractivity contribution in [1.29, 1.82) is 0 Å². The third kappa shape index (κ3) is 5.03. The SMILES string of the molecule is COc1ccccc1OCC1c2ccsc2CCN1C(=O)CN(C(=O)c1ccc(F)cc1)C1CC1. The van der Waals surface area contributed by atoms with E-state index in [2.05, 4.69) is 6.07 Å². The van der Waals surface area contributed by atoms with Gasteiger partial charge in [0.15, 0.2) is 11.5 Å². The summed E-state index contributed by atoms with van der Waals surface area (Å²) >= 11 is 1.69. The van der Waals surface area contributed by atoms with E-state index >= 15 is 0 Å². The molecule has 1 unspecified atom stereocenters. The Labute approximate surface area is 207 Å². The van der Waals surface area contributed by atoms with E-state index < -0.39 is 5.82 Å². The molecule has 182 valence electrons. The average Bonchev–Trinajstić information content (AvgIpc) is 3.61. The fraction of sp³-hybridized carbons (Fsp3) is 0.333. The number of hydrogen-bond acceptors (Lipinski definition) is 5. The summed E-state index contributed by atoms with van der Waals surface area (Å²) in [5, 5.41) is 2.04. The average molecular weight is 495 g/mol. The van der Waals surface area contributed by atoms with Crippen molar-refractivity contribution in [3.63, 3.8) is 0 Å². The summed E-state index contributed by atoms with van der Waals surface area (Å²) in [5.74, 6) is 0.509.